The van der Waals surface area contributed by atoms with Gasteiger partial charge in [-0.25, -0.2) is 0 Å². The van der Waals surface area contributed by atoms with Gasteiger partial charge in [0.15, 0.2) is 0 Å². The molecule has 0 fully saturated rings. The summed E-state index contributed by atoms with van der Waals surface area (Å²) < 4.78 is 5.30. The molecule has 0 aliphatic carbocycles. The van der Waals surface area contributed by atoms with E-state index in [9.17, 15) is 4.79 Å². The van der Waals surface area contributed by atoms with E-state index in [1.807, 2.05) is 37.3 Å². The van der Waals surface area contributed by atoms with Crippen molar-refractivity contribution in [3.8, 4) is 5.75 Å². The Labute approximate surface area is 146 Å². The molecule has 2 rings (SSSR count). The second-order valence-corrected chi connectivity index (χ2v) is 6.18. The van der Waals surface area contributed by atoms with Gasteiger partial charge in [0.1, 0.15) is 5.75 Å². The molecule has 23 heavy (non-hydrogen) atoms. The van der Waals surface area contributed by atoms with Crippen LogP contribution in [-0.2, 0) is 11.2 Å². The van der Waals surface area contributed by atoms with Gasteiger partial charge in [0, 0.05) is 22.7 Å². The number of hydrogen-bond donors (Lipinski definition) is 0. The number of para-hydroxylation sites is 1. The van der Waals surface area contributed by atoms with E-state index in [0.29, 0.717) is 15.8 Å². The largest absolute Gasteiger partial charge is 0.496 e. The van der Waals surface area contributed by atoms with E-state index in [0.717, 1.165) is 11.1 Å². The number of hydrogen-bond acceptors (Lipinski definition) is 2. The molecule has 1 amide bonds. The van der Waals surface area contributed by atoms with Crippen molar-refractivity contribution in [1.82, 2.24) is 4.90 Å². The lowest BCUT2D eigenvalue weighted by Crippen LogP contribution is -2.31. The van der Waals surface area contributed by atoms with Crippen LogP contribution in [0, 0.1) is 0 Å². The number of halogens is 2. The molecule has 1 unspecified atom stereocenters. The molecule has 2 aromatic carbocycles. The summed E-state index contributed by atoms with van der Waals surface area (Å²) in [5, 5.41) is 1.14. The maximum atomic E-state index is 12.6. The lowest BCUT2D eigenvalue weighted by Gasteiger charge is -2.26. The van der Waals surface area contributed by atoms with Crippen molar-refractivity contribution >= 4 is 29.1 Å². The van der Waals surface area contributed by atoms with Crippen LogP contribution in [0.1, 0.15) is 24.1 Å². The highest BCUT2D eigenvalue weighted by atomic mass is 35.5. The molecule has 0 radical (unpaired) electrons. The average molecular weight is 352 g/mol. The Morgan fingerprint density at radius 2 is 1.91 bits per heavy atom. The smallest absolute Gasteiger partial charge is 0.227 e. The van der Waals surface area contributed by atoms with Crippen molar-refractivity contribution < 1.29 is 9.53 Å². The minimum atomic E-state index is -0.151. The Bertz CT molecular complexity index is 703. The second kappa shape index (κ2) is 7.71. The van der Waals surface area contributed by atoms with Crippen molar-refractivity contribution in [3.05, 3.63) is 63.6 Å². The molecule has 3 nitrogen and oxygen atoms in total. The summed E-state index contributed by atoms with van der Waals surface area (Å²) in [6.45, 7) is 1.94. The van der Waals surface area contributed by atoms with Crippen molar-refractivity contribution in [2.24, 2.45) is 0 Å². The number of benzene rings is 2. The fourth-order valence-electron chi connectivity index (χ4n) is 2.40. The Balaban J connectivity index is 2.15. The lowest BCUT2D eigenvalue weighted by molar-refractivity contribution is -0.131. The normalized spacial score (nSPS) is 11.9. The minimum Gasteiger partial charge on any atom is -0.496 e. The zero-order valence-electron chi connectivity index (χ0n) is 13.3. The zero-order chi connectivity index (χ0) is 17.0. The van der Waals surface area contributed by atoms with Gasteiger partial charge in [-0.2, -0.15) is 0 Å². The number of ether oxygens (including phenoxy) is 1. The third kappa shape index (κ3) is 4.18. The zero-order valence-corrected chi connectivity index (χ0v) is 14.9. The first-order chi connectivity index (χ1) is 10.9. The van der Waals surface area contributed by atoms with Crippen LogP contribution in [0.15, 0.2) is 42.5 Å². The third-order valence-corrected chi connectivity index (χ3v) is 4.48. The highest BCUT2D eigenvalue weighted by Gasteiger charge is 2.20. The van der Waals surface area contributed by atoms with Gasteiger partial charge < -0.3 is 9.64 Å². The first-order valence-corrected chi connectivity index (χ1v) is 8.02. The first-order valence-electron chi connectivity index (χ1n) is 7.26. The summed E-state index contributed by atoms with van der Waals surface area (Å²) in [7, 11) is 3.37. The van der Waals surface area contributed by atoms with Crippen LogP contribution < -0.4 is 4.74 Å². The van der Waals surface area contributed by atoms with Crippen LogP contribution >= 0.6 is 23.2 Å². The number of likely N-dealkylation sites (N-methyl/N-ethyl adjacent to an activating group) is 1. The molecular weight excluding hydrogens is 333 g/mol. The van der Waals surface area contributed by atoms with Crippen LogP contribution in [-0.4, -0.2) is 25.0 Å². The van der Waals surface area contributed by atoms with Crippen LogP contribution in [0.4, 0.5) is 0 Å². The van der Waals surface area contributed by atoms with Crippen LogP contribution in [0.3, 0.4) is 0 Å². The van der Waals surface area contributed by atoms with Crippen molar-refractivity contribution in [2.45, 2.75) is 19.4 Å². The van der Waals surface area contributed by atoms with Gasteiger partial charge in [0.25, 0.3) is 0 Å². The summed E-state index contributed by atoms with van der Waals surface area (Å²) in [6, 6.07) is 12.7. The Kier molecular flexibility index (Phi) is 5.91. The van der Waals surface area contributed by atoms with Gasteiger partial charge in [0.05, 0.1) is 19.6 Å². The molecule has 0 aliphatic heterocycles. The van der Waals surface area contributed by atoms with Crippen LogP contribution in [0.2, 0.25) is 10.0 Å². The number of rotatable bonds is 5. The van der Waals surface area contributed by atoms with E-state index in [2.05, 4.69) is 0 Å². The third-order valence-electron chi connectivity index (χ3n) is 3.92. The molecule has 0 bridgehead atoms. The monoisotopic (exact) mass is 351 g/mol. The molecule has 2 aromatic rings. The van der Waals surface area contributed by atoms with E-state index in [-0.39, 0.29) is 18.4 Å². The van der Waals surface area contributed by atoms with E-state index in [1.54, 1.807) is 31.2 Å². The summed E-state index contributed by atoms with van der Waals surface area (Å²) >= 11 is 12.2. The molecule has 0 saturated heterocycles. The maximum absolute atomic E-state index is 12.6. The molecule has 5 heteroatoms. The highest BCUT2D eigenvalue weighted by molar-refractivity contribution is 6.35. The molecule has 122 valence electrons. The molecule has 0 spiro atoms. The van der Waals surface area contributed by atoms with Gasteiger partial charge in [-0.15, -0.1) is 0 Å². The topological polar surface area (TPSA) is 29.5 Å². The minimum absolute atomic E-state index is 0.00647. The first kappa shape index (κ1) is 17.6. The molecule has 0 aromatic heterocycles. The summed E-state index contributed by atoms with van der Waals surface area (Å²) in [5.74, 6) is 0.708. The SMILES string of the molecule is COc1ccccc1CC(=O)N(C)C(C)c1ccc(Cl)cc1Cl. The molecule has 0 N–H and O–H groups in total. The molecule has 0 heterocycles. The number of carbonyl (C=O) groups is 1. The summed E-state index contributed by atoms with van der Waals surface area (Å²) in [6.07, 6.45) is 0.274. The van der Waals surface area contributed by atoms with Gasteiger partial charge in [-0.1, -0.05) is 47.5 Å². The Hall–Kier alpha value is -1.71. The molecule has 1 atom stereocenters. The van der Waals surface area contributed by atoms with Gasteiger partial charge in [-0.05, 0) is 30.7 Å². The van der Waals surface area contributed by atoms with Crippen molar-refractivity contribution in [3.63, 3.8) is 0 Å². The van der Waals surface area contributed by atoms with E-state index in [1.165, 1.54) is 0 Å². The number of methoxy groups -OCH3 is 1. The highest BCUT2D eigenvalue weighted by Crippen LogP contribution is 2.29. The maximum Gasteiger partial charge on any atom is 0.227 e. The summed E-state index contributed by atoms with van der Waals surface area (Å²) in [5.41, 5.74) is 1.73. The van der Waals surface area contributed by atoms with Crippen LogP contribution in [0.25, 0.3) is 0 Å². The molecule has 0 aliphatic rings. The van der Waals surface area contributed by atoms with Gasteiger partial charge >= 0.3 is 0 Å². The standard InChI is InChI=1S/C18H19Cl2NO2/c1-12(15-9-8-14(19)11-16(15)20)21(2)18(22)10-13-6-4-5-7-17(13)23-3/h4-9,11-12H,10H2,1-3H3. The predicted octanol–water partition coefficient (Wildman–Crippen LogP) is 4.76. The molecule has 0 saturated carbocycles. The van der Waals surface area contributed by atoms with Gasteiger partial charge in [0.2, 0.25) is 5.91 Å². The van der Waals surface area contributed by atoms with Gasteiger partial charge in [-0.3, -0.25) is 4.79 Å². The average Bonchev–Trinajstić information content (AvgIpc) is 2.54. The second-order valence-electron chi connectivity index (χ2n) is 5.34. The molecular formula is C18H19Cl2NO2. The number of nitrogens with zero attached hydrogens (tertiary/aromatic N) is 1. The lowest BCUT2D eigenvalue weighted by atomic mass is 10.1. The van der Waals surface area contributed by atoms with E-state index in [4.69, 9.17) is 27.9 Å². The number of amides is 1. The van der Waals surface area contributed by atoms with Crippen molar-refractivity contribution in [1.29, 1.82) is 0 Å². The van der Waals surface area contributed by atoms with E-state index >= 15 is 0 Å². The van der Waals surface area contributed by atoms with E-state index < -0.39 is 0 Å². The fraction of sp³-hybridized carbons (Fsp3) is 0.278. The quantitative estimate of drug-likeness (QED) is 0.776. The Morgan fingerprint density at radius 3 is 2.57 bits per heavy atom. The van der Waals surface area contributed by atoms with Crippen LogP contribution in [0.5, 0.6) is 5.75 Å². The number of carbonyl (C=O) groups excluding carboxylic acids is 1. The Morgan fingerprint density at radius 1 is 1.22 bits per heavy atom. The summed E-state index contributed by atoms with van der Waals surface area (Å²) in [4.78, 5) is 14.3. The fourth-order valence-corrected chi connectivity index (χ4v) is 2.97. The predicted molar refractivity (Wildman–Crippen MR) is 94.3 cm³/mol. The van der Waals surface area contributed by atoms with Crippen molar-refractivity contribution in [2.75, 3.05) is 14.2 Å².